The van der Waals surface area contributed by atoms with Gasteiger partial charge in [-0.3, -0.25) is 9.59 Å². The van der Waals surface area contributed by atoms with E-state index in [1.807, 2.05) is 20.8 Å². The Bertz CT molecular complexity index is 848. The first-order chi connectivity index (χ1) is 11.7. The van der Waals surface area contributed by atoms with Crippen LogP contribution in [0.4, 0.5) is 11.4 Å². The lowest BCUT2D eigenvalue weighted by atomic mass is 9.88. The van der Waals surface area contributed by atoms with Crippen molar-refractivity contribution >= 4 is 23.2 Å². The summed E-state index contributed by atoms with van der Waals surface area (Å²) in [6.07, 6.45) is 0. The largest absolute Gasteiger partial charge is 0.479 e. The van der Waals surface area contributed by atoms with Crippen LogP contribution >= 0.6 is 0 Å². The van der Waals surface area contributed by atoms with Gasteiger partial charge in [-0.2, -0.15) is 0 Å². The van der Waals surface area contributed by atoms with E-state index in [9.17, 15) is 9.59 Å². The number of aromatic nitrogens is 1. The first-order valence-electron chi connectivity index (χ1n) is 8.00. The van der Waals surface area contributed by atoms with E-state index in [0.717, 1.165) is 0 Å². The van der Waals surface area contributed by atoms with E-state index in [2.05, 4.69) is 10.5 Å². The van der Waals surface area contributed by atoms with Gasteiger partial charge in [0, 0.05) is 12.5 Å². The summed E-state index contributed by atoms with van der Waals surface area (Å²) in [4.78, 5) is 26.1. The number of aryl methyl sites for hydroxylation is 1. The SMILES string of the molecule is Cc1onc(C(C)(C)C)c1C(=O)Nc1cccc2c1OCC(=O)N2C. The fourth-order valence-electron chi connectivity index (χ4n) is 2.74. The van der Waals surface area contributed by atoms with Crippen LogP contribution in [0.15, 0.2) is 22.7 Å². The predicted molar refractivity (Wildman–Crippen MR) is 93.2 cm³/mol. The van der Waals surface area contributed by atoms with Gasteiger partial charge in [0.1, 0.15) is 17.0 Å². The Morgan fingerprint density at radius 2 is 2.04 bits per heavy atom. The molecule has 0 spiro atoms. The number of hydrogen-bond acceptors (Lipinski definition) is 5. The van der Waals surface area contributed by atoms with Gasteiger partial charge in [-0.1, -0.05) is 32.0 Å². The molecular weight excluding hydrogens is 322 g/mol. The summed E-state index contributed by atoms with van der Waals surface area (Å²) in [5, 5.41) is 6.90. The quantitative estimate of drug-likeness (QED) is 0.906. The maximum Gasteiger partial charge on any atom is 0.264 e. The average Bonchev–Trinajstić information content (AvgIpc) is 2.93. The van der Waals surface area contributed by atoms with Crippen LogP contribution in [0.3, 0.4) is 0 Å². The van der Waals surface area contributed by atoms with Gasteiger partial charge < -0.3 is 19.5 Å². The molecule has 0 aliphatic carbocycles. The molecule has 0 bridgehead atoms. The number of ether oxygens (including phenoxy) is 1. The van der Waals surface area contributed by atoms with Gasteiger partial charge in [0.15, 0.2) is 12.4 Å². The molecule has 132 valence electrons. The molecular formula is C18H21N3O4. The second-order valence-corrected chi connectivity index (χ2v) is 7.06. The molecule has 7 nitrogen and oxygen atoms in total. The van der Waals surface area contributed by atoms with Gasteiger partial charge in [-0.25, -0.2) is 0 Å². The number of amides is 2. The summed E-state index contributed by atoms with van der Waals surface area (Å²) in [6, 6.07) is 5.27. The number of likely N-dealkylation sites (N-methyl/N-ethyl adjacent to an activating group) is 1. The Labute approximate surface area is 145 Å². The Morgan fingerprint density at radius 1 is 1.32 bits per heavy atom. The molecule has 0 radical (unpaired) electrons. The van der Waals surface area contributed by atoms with Gasteiger partial charge in [-0.05, 0) is 19.1 Å². The number of para-hydroxylation sites is 1. The van der Waals surface area contributed by atoms with Crippen molar-refractivity contribution in [1.29, 1.82) is 0 Å². The zero-order valence-electron chi connectivity index (χ0n) is 15.0. The van der Waals surface area contributed by atoms with Crippen LogP contribution < -0.4 is 15.0 Å². The number of fused-ring (bicyclic) bond motifs is 1. The zero-order chi connectivity index (χ0) is 18.4. The maximum absolute atomic E-state index is 12.8. The minimum Gasteiger partial charge on any atom is -0.479 e. The van der Waals surface area contributed by atoms with E-state index in [-0.39, 0.29) is 23.8 Å². The van der Waals surface area contributed by atoms with Crippen LogP contribution in [0, 0.1) is 6.92 Å². The smallest absolute Gasteiger partial charge is 0.264 e. The highest BCUT2D eigenvalue weighted by atomic mass is 16.5. The molecule has 0 saturated carbocycles. The molecule has 3 rings (SSSR count). The first kappa shape index (κ1) is 17.0. The highest BCUT2D eigenvalue weighted by molar-refractivity contribution is 6.08. The standard InChI is InChI=1S/C18H21N3O4/c1-10-14(16(20-25-10)18(2,3)4)17(23)19-11-7-6-8-12-15(11)24-9-13(22)21(12)5/h6-8H,9H2,1-5H3,(H,19,23). The molecule has 1 aromatic carbocycles. The second kappa shape index (κ2) is 5.91. The van der Waals surface area contributed by atoms with Crippen LogP contribution in [-0.4, -0.2) is 30.6 Å². The van der Waals surface area contributed by atoms with Gasteiger partial charge in [0.25, 0.3) is 11.8 Å². The van der Waals surface area contributed by atoms with E-state index in [4.69, 9.17) is 9.26 Å². The first-order valence-corrected chi connectivity index (χ1v) is 8.00. The lowest BCUT2D eigenvalue weighted by Gasteiger charge is -2.27. The van der Waals surface area contributed by atoms with Crippen LogP contribution in [-0.2, 0) is 10.2 Å². The number of nitrogens with one attached hydrogen (secondary N) is 1. The molecule has 1 aliphatic rings. The number of rotatable bonds is 2. The van der Waals surface area contributed by atoms with Crippen LogP contribution in [0.5, 0.6) is 5.75 Å². The third-order valence-corrected chi connectivity index (χ3v) is 4.12. The lowest BCUT2D eigenvalue weighted by Crippen LogP contribution is -2.35. The number of carbonyl (C=O) groups excluding carboxylic acids is 2. The maximum atomic E-state index is 12.8. The fourth-order valence-corrected chi connectivity index (χ4v) is 2.74. The molecule has 2 heterocycles. The summed E-state index contributed by atoms with van der Waals surface area (Å²) in [6.45, 7) is 7.55. The summed E-state index contributed by atoms with van der Waals surface area (Å²) in [7, 11) is 1.68. The van der Waals surface area contributed by atoms with Crippen molar-refractivity contribution in [1.82, 2.24) is 5.16 Å². The number of carbonyl (C=O) groups is 2. The van der Waals surface area contributed by atoms with Crippen LogP contribution in [0.2, 0.25) is 0 Å². The minimum atomic E-state index is -0.330. The summed E-state index contributed by atoms with van der Waals surface area (Å²) in [5.41, 5.74) is 1.81. The Kier molecular flexibility index (Phi) is 4.02. The van der Waals surface area contributed by atoms with E-state index in [1.54, 1.807) is 32.2 Å². The van der Waals surface area contributed by atoms with Crippen molar-refractivity contribution in [2.75, 3.05) is 23.9 Å². The minimum absolute atomic E-state index is 0.0596. The molecule has 1 aliphatic heterocycles. The average molecular weight is 343 g/mol. The van der Waals surface area contributed by atoms with Crippen molar-refractivity contribution in [3.63, 3.8) is 0 Å². The summed E-state index contributed by atoms with van der Waals surface area (Å²) < 4.78 is 10.8. The third-order valence-electron chi connectivity index (χ3n) is 4.12. The van der Waals surface area contributed by atoms with E-state index in [0.29, 0.717) is 34.1 Å². The van der Waals surface area contributed by atoms with Crippen LogP contribution in [0.25, 0.3) is 0 Å². The van der Waals surface area contributed by atoms with Crippen LogP contribution in [0.1, 0.15) is 42.6 Å². The molecule has 1 aromatic heterocycles. The van der Waals surface area contributed by atoms with Gasteiger partial charge in [0.05, 0.1) is 11.4 Å². The lowest BCUT2D eigenvalue weighted by molar-refractivity contribution is -0.120. The zero-order valence-corrected chi connectivity index (χ0v) is 15.0. The fraction of sp³-hybridized carbons (Fsp3) is 0.389. The van der Waals surface area contributed by atoms with Crippen molar-refractivity contribution in [3.05, 3.63) is 35.2 Å². The third kappa shape index (κ3) is 2.97. The Hall–Kier alpha value is -2.83. The predicted octanol–water partition coefficient (Wildman–Crippen LogP) is 2.89. The number of nitrogens with zero attached hydrogens (tertiary/aromatic N) is 2. The normalized spacial score (nSPS) is 14.1. The number of hydrogen-bond donors (Lipinski definition) is 1. The molecule has 25 heavy (non-hydrogen) atoms. The molecule has 0 atom stereocenters. The van der Waals surface area contributed by atoms with Gasteiger partial charge in [0.2, 0.25) is 0 Å². The van der Waals surface area contributed by atoms with Gasteiger partial charge >= 0.3 is 0 Å². The van der Waals surface area contributed by atoms with Crippen molar-refractivity contribution in [2.45, 2.75) is 33.1 Å². The number of benzene rings is 1. The molecule has 0 fully saturated rings. The monoisotopic (exact) mass is 343 g/mol. The number of anilines is 2. The Morgan fingerprint density at radius 3 is 2.72 bits per heavy atom. The molecule has 2 aromatic rings. The van der Waals surface area contributed by atoms with Gasteiger partial charge in [-0.15, -0.1) is 0 Å². The molecule has 0 unspecified atom stereocenters. The van der Waals surface area contributed by atoms with E-state index >= 15 is 0 Å². The second-order valence-electron chi connectivity index (χ2n) is 7.06. The molecule has 2 amide bonds. The highest BCUT2D eigenvalue weighted by Crippen LogP contribution is 2.38. The van der Waals surface area contributed by atoms with E-state index < -0.39 is 0 Å². The summed E-state index contributed by atoms with van der Waals surface area (Å²) in [5.74, 6) is 0.478. The van der Waals surface area contributed by atoms with Crippen molar-refractivity contribution < 1.29 is 18.8 Å². The molecule has 7 heteroatoms. The van der Waals surface area contributed by atoms with Crippen molar-refractivity contribution in [3.8, 4) is 5.75 Å². The Balaban J connectivity index is 1.96. The van der Waals surface area contributed by atoms with E-state index in [1.165, 1.54) is 4.90 Å². The summed E-state index contributed by atoms with van der Waals surface area (Å²) >= 11 is 0. The topological polar surface area (TPSA) is 84.7 Å². The molecule has 0 saturated heterocycles. The molecule has 1 N–H and O–H groups in total. The van der Waals surface area contributed by atoms with Crippen molar-refractivity contribution in [2.24, 2.45) is 0 Å². The highest BCUT2D eigenvalue weighted by Gasteiger charge is 2.30.